The quantitative estimate of drug-likeness (QED) is 0.519. The number of anilines is 2. The first-order chi connectivity index (χ1) is 16.7. The lowest BCUT2D eigenvalue weighted by molar-refractivity contribution is 0.0266. The Morgan fingerprint density at radius 3 is 2.69 bits per heavy atom. The van der Waals surface area contributed by atoms with E-state index in [1.807, 2.05) is 0 Å². The molecule has 10 heteroatoms. The third-order valence-corrected chi connectivity index (χ3v) is 9.06. The molecule has 0 bridgehead atoms. The van der Waals surface area contributed by atoms with Crippen LogP contribution in [0.4, 0.5) is 11.6 Å². The van der Waals surface area contributed by atoms with Crippen molar-refractivity contribution in [1.29, 1.82) is 0 Å². The summed E-state index contributed by atoms with van der Waals surface area (Å²) in [5.41, 5.74) is -0.280. The summed E-state index contributed by atoms with van der Waals surface area (Å²) in [7, 11) is -3.46. The monoisotopic (exact) mass is 494 g/mol. The van der Waals surface area contributed by atoms with Gasteiger partial charge in [0.1, 0.15) is 5.65 Å². The summed E-state index contributed by atoms with van der Waals surface area (Å²) in [6.45, 7) is 2.39. The smallest absolute Gasteiger partial charge is 0.268 e. The Morgan fingerprint density at radius 2 is 2.06 bits per heavy atom. The van der Waals surface area contributed by atoms with Gasteiger partial charge in [-0.3, -0.25) is 9.36 Å². The molecule has 1 saturated heterocycles. The molecule has 1 aromatic carbocycles. The lowest BCUT2D eigenvalue weighted by Gasteiger charge is -2.28. The second-order valence-corrected chi connectivity index (χ2v) is 11.5. The molecular formula is C25H26N4O5S. The number of ether oxygens (including phenoxy) is 1. The highest BCUT2D eigenvalue weighted by Gasteiger charge is 2.39. The standard InChI is InChI=1S/C25H26N4O5S/c1-3-16-13-17-14-26-24(28-22(17)29(23(16)30)21-5-4-11-25(21,2)31)27-18-6-8-19(9-7-18)35(32,33)20-10-12-34-15-20/h1,6-9,13-14,20-21,31H,4-5,10-12,15H2,2H3,(H,26,27,28)/t20-,21-,25-/m1/s1. The number of nitrogens with zero attached hydrogens (tertiary/aromatic N) is 3. The molecule has 0 amide bonds. The molecule has 35 heavy (non-hydrogen) atoms. The Balaban J connectivity index is 1.50. The van der Waals surface area contributed by atoms with Crippen molar-refractivity contribution in [3.05, 3.63) is 52.4 Å². The minimum Gasteiger partial charge on any atom is -0.388 e. The number of rotatable bonds is 5. The molecule has 0 radical (unpaired) electrons. The molecule has 5 rings (SSSR count). The lowest BCUT2D eigenvalue weighted by atomic mass is 9.99. The van der Waals surface area contributed by atoms with Crippen LogP contribution in [-0.2, 0) is 14.6 Å². The van der Waals surface area contributed by atoms with E-state index in [2.05, 4.69) is 21.2 Å². The van der Waals surface area contributed by atoms with Gasteiger partial charge in [-0.05, 0) is 62.9 Å². The molecule has 0 unspecified atom stereocenters. The van der Waals surface area contributed by atoms with E-state index in [9.17, 15) is 18.3 Å². The zero-order valence-corrected chi connectivity index (χ0v) is 20.1. The maximum atomic E-state index is 13.2. The molecule has 3 atom stereocenters. The first-order valence-electron chi connectivity index (χ1n) is 11.5. The van der Waals surface area contributed by atoms with Gasteiger partial charge in [0.05, 0.1) is 34.0 Å². The van der Waals surface area contributed by atoms with E-state index in [0.717, 1.165) is 6.42 Å². The fraction of sp³-hybridized carbons (Fsp3) is 0.400. The molecular weight excluding hydrogens is 468 g/mol. The maximum absolute atomic E-state index is 13.2. The van der Waals surface area contributed by atoms with E-state index < -0.39 is 26.7 Å². The number of aromatic nitrogens is 3. The third kappa shape index (κ3) is 4.20. The van der Waals surface area contributed by atoms with Crippen molar-refractivity contribution in [3.63, 3.8) is 0 Å². The fourth-order valence-corrected chi connectivity index (χ4v) is 6.50. The second-order valence-electron chi connectivity index (χ2n) is 9.30. The van der Waals surface area contributed by atoms with Gasteiger partial charge in [-0.15, -0.1) is 6.42 Å². The van der Waals surface area contributed by atoms with E-state index in [-0.39, 0.29) is 28.6 Å². The predicted molar refractivity (Wildman–Crippen MR) is 131 cm³/mol. The Kier molecular flexibility index (Phi) is 5.87. The van der Waals surface area contributed by atoms with Gasteiger partial charge in [0.25, 0.3) is 5.56 Å². The molecule has 2 fully saturated rings. The van der Waals surface area contributed by atoms with Gasteiger partial charge < -0.3 is 15.2 Å². The van der Waals surface area contributed by atoms with E-state index in [1.54, 1.807) is 43.5 Å². The highest BCUT2D eigenvalue weighted by molar-refractivity contribution is 7.92. The molecule has 1 aliphatic carbocycles. The van der Waals surface area contributed by atoms with E-state index in [4.69, 9.17) is 11.2 Å². The van der Waals surface area contributed by atoms with Gasteiger partial charge in [-0.1, -0.05) is 5.92 Å². The SMILES string of the molecule is C#Cc1cc2cnc(Nc3ccc(S(=O)(=O)[C@@H]4CCOC4)cc3)nc2n([C@@H]2CCC[C@@]2(C)O)c1=O. The molecule has 3 aromatic rings. The van der Waals surface area contributed by atoms with Crippen LogP contribution in [0.1, 0.15) is 44.2 Å². The molecule has 1 saturated carbocycles. The van der Waals surface area contributed by atoms with Gasteiger partial charge >= 0.3 is 0 Å². The zero-order chi connectivity index (χ0) is 24.8. The minimum absolute atomic E-state index is 0.189. The summed E-state index contributed by atoms with van der Waals surface area (Å²) in [4.78, 5) is 22.3. The van der Waals surface area contributed by atoms with Gasteiger partial charge in [0, 0.05) is 23.9 Å². The molecule has 1 aliphatic heterocycles. The number of fused-ring (bicyclic) bond motifs is 1. The van der Waals surface area contributed by atoms with E-state index in [0.29, 0.717) is 42.6 Å². The highest BCUT2D eigenvalue weighted by Crippen LogP contribution is 2.39. The van der Waals surface area contributed by atoms with Crippen molar-refractivity contribution in [2.45, 2.75) is 54.4 Å². The van der Waals surface area contributed by atoms with Crippen LogP contribution in [0.2, 0.25) is 0 Å². The van der Waals surface area contributed by atoms with E-state index >= 15 is 0 Å². The molecule has 9 nitrogen and oxygen atoms in total. The molecule has 2 aliphatic rings. The average molecular weight is 495 g/mol. The van der Waals surface area contributed by atoms with Crippen molar-refractivity contribution in [2.75, 3.05) is 18.5 Å². The molecule has 2 N–H and O–H groups in total. The Hall–Kier alpha value is -3.26. The molecule has 3 heterocycles. The van der Waals surface area contributed by atoms with Crippen LogP contribution >= 0.6 is 0 Å². The second kappa shape index (κ2) is 8.75. The maximum Gasteiger partial charge on any atom is 0.268 e. The number of pyridine rings is 1. The van der Waals surface area contributed by atoms with Crippen molar-refractivity contribution in [2.24, 2.45) is 0 Å². The van der Waals surface area contributed by atoms with Gasteiger partial charge in [-0.2, -0.15) is 4.98 Å². The number of hydrogen-bond donors (Lipinski definition) is 2. The van der Waals surface area contributed by atoms with Crippen LogP contribution in [0.15, 0.2) is 46.2 Å². The Morgan fingerprint density at radius 1 is 1.29 bits per heavy atom. The summed E-state index contributed by atoms with van der Waals surface area (Å²) >= 11 is 0. The van der Waals surface area contributed by atoms with Crippen molar-refractivity contribution in [3.8, 4) is 12.3 Å². The van der Waals surface area contributed by atoms with Crippen LogP contribution in [-0.4, -0.2) is 52.1 Å². The number of hydrogen-bond acceptors (Lipinski definition) is 8. The van der Waals surface area contributed by atoms with Crippen LogP contribution in [0.25, 0.3) is 11.0 Å². The first-order valence-corrected chi connectivity index (χ1v) is 13.1. The summed E-state index contributed by atoms with van der Waals surface area (Å²) in [5.74, 6) is 2.66. The minimum atomic E-state index is -3.46. The van der Waals surface area contributed by atoms with Crippen molar-refractivity contribution < 1.29 is 18.3 Å². The Labute approximate surface area is 203 Å². The predicted octanol–water partition coefficient (Wildman–Crippen LogP) is 2.56. The van der Waals surface area contributed by atoms with Gasteiger partial charge in [0.15, 0.2) is 9.84 Å². The Bertz CT molecular complexity index is 1480. The van der Waals surface area contributed by atoms with Crippen LogP contribution in [0.5, 0.6) is 0 Å². The summed E-state index contributed by atoms with van der Waals surface area (Å²) in [6.07, 6.45) is 9.61. The third-order valence-electron chi connectivity index (χ3n) is 6.88. The topological polar surface area (TPSA) is 123 Å². The number of sulfone groups is 1. The average Bonchev–Trinajstić information content (AvgIpc) is 3.49. The van der Waals surface area contributed by atoms with Crippen molar-refractivity contribution in [1.82, 2.24) is 14.5 Å². The number of benzene rings is 1. The summed E-state index contributed by atoms with van der Waals surface area (Å²) in [5, 5.41) is 14.0. The van der Waals surface area contributed by atoms with Gasteiger partial charge in [0.2, 0.25) is 5.95 Å². The highest BCUT2D eigenvalue weighted by atomic mass is 32.2. The fourth-order valence-electron chi connectivity index (χ4n) is 4.92. The van der Waals surface area contributed by atoms with Crippen LogP contribution in [0, 0.1) is 12.3 Å². The molecule has 182 valence electrons. The van der Waals surface area contributed by atoms with Gasteiger partial charge in [-0.25, -0.2) is 13.4 Å². The summed E-state index contributed by atoms with van der Waals surface area (Å²) in [6, 6.07) is 7.49. The number of terminal acetylenes is 1. The molecule has 2 aromatic heterocycles. The first kappa shape index (κ1) is 23.5. The number of aliphatic hydroxyl groups is 1. The normalized spacial score (nSPS) is 24.5. The number of nitrogens with one attached hydrogen (secondary N) is 1. The summed E-state index contributed by atoms with van der Waals surface area (Å²) < 4.78 is 32.2. The molecule has 0 spiro atoms. The van der Waals surface area contributed by atoms with Crippen LogP contribution < -0.4 is 10.9 Å². The largest absolute Gasteiger partial charge is 0.388 e. The van der Waals surface area contributed by atoms with Crippen molar-refractivity contribution >= 4 is 32.5 Å². The zero-order valence-electron chi connectivity index (χ0n) is 19.3. The van der Waals surface area contributed by atoms with Crippen LogP contribution in [0.3, 0.4) is 0 Å². The lowest BCUT2D eigenvalue weighted by Crippen LogP contribution is -2.38. The van der Waals surface area contributed by atoms with E-state index in [1.165, 1.54) is 4.57 Å².